The summed E-state index contributed by atoms with van der Waals surface area (Å²) in [6.45, 7) is 0. The van der Waals surface area contributed by atoms with Crippen molar-refractivity contribution in [3.8, 4) is 5.75 Å². The predicted molar refractivity (Wildman–Crippen MR) is 91.4 cm³/mol. The number of amides is 1. The van der Waals surface area contributed by atoms with Crippen LogP contribution < -0.4 is 10.1 Å². The second kappa shape index (κ2) is 8.57. The van der Waals surface area contributed by atoms with Crippen LogP contribution in [0.5, 0.6) is 5.75 Å². The van der Waals surface area contributed by atoms with Gasteiger partial charge in [0.15, 0.2) is 0 Å². The van der Waals surface area contributed by atoms with Crippen LogP contribution >= 0.6 is 0 Å². The first-order chi connectivity index (χ1) is 12.7. The molecule has 0 unspecified atom stereocenters. The number of ether oxygens (including phenoxy) is 2. The Bertz CT molecular complexity index is 786. The van der Waals surface area contributed by atoms with Crippen molar-refractivity contribution in [3.63, 3.8) is 0 Å². The van der Waals surface area contributed by atoms with Gasteiger partial charge in [0, 0.05) is 12.0 Å². The minimum absolute atomic E-state index is 0.00614. The van der Waals surface area contributed by atoms with Crippen molar-refractivity contribution in [1.29, 1.82) is 0 Å². The number of hydrogen-bond donors (Lipinski definition) is 1. The van der Waals surface area contributed by atoms with Crippen LogP contribution in [0.1, 0.15) is 21.5 Å². The highest BCUT2D eigenvalue weighted by molar-refractivity contribution is 5.96. The molecule has 0 saturated heterocycles. The molecular formula is C19H18F3NO4. The lowest BCUT2D eigenvalue weighted by atomic mass is 10.0. The minimum atomic E-state index is -4.49. The maximum Gasteiger partial charge on any atom is 0.416 e. The number of benzene rings is 2. The predicted octanol–water partition coefficient (Wildman–Crippen LogP) is 3.23. The first-order valence-corrected chi connectivity index (χ1v) is 7.93. The zero-order valence-electron chi connectivity index (χ0n) is 14.7. The third kappa shape index (κ3) is 5.47. The van der Waals surface area contributed by atoms with E-state index in [4.69, 9.17) is 9.47 Å². The molecule has 2 aromatic carbocycles. The average Bonchev–Trinajstić information content (AvgIpc) is 2.66. The van der Waals surface area contributed by atoms with Crippen LogP contribution in [-0.4, -0.2) is 32.1 Å². The Morgan fingerprint density at radius 1 is 1.00 bits per heavy atom. The zero-order valence-corrected chi connectivity index (χ0v) is 14.7. The quantitative estimate of drug-likeness (QED) is 0.781. The van der Waals surface area contributed by atoms with Crippen LogP contribution in [0.15, 0.2) is 48.5 Å². The molecule has 0 saturated carbocycles. The number of rotatable bonds is 6. The first kappa shape index (κ1) is 20.3. The van der Waals surface area contributed by atoms with Crippen molar-refractivity contribution in [2.45, 2.75) is 18.6 Å². The smallest absolute Gasteiger partial charge is 0.416 e. The third-order valence-electron chi connectivity index (χ3n) is 3.86. The van der Waals surface area contributed by atoms with Crippen molar-refractivity contribution < 1.29 is 32.2 Å². The lowest BCUT2D eigenvalue weighted by molar-refractivity contribution is -0.142. The van der Waals surface area contributed by atoms with Gasteiger partial charge >= 0.3 is 12.1 Å². The molecule has 0 aliphatic carbocycles. The Kier molecular flexibility index (Phi) is 6.44. The third-order valence-corrected chi connectivity index (χ3v) is 3.86. The average molecular weight is 381 g/mol. The van der Waals surface area contributed by atoms with Crippen molar-refractivity contribution in [3.05, 3.63) is 65.2 Å². The van der Waals surface area contributed by atoms with E-state index < -0.39 is 29.7 Å². The van der Waals surface area contributed by atoms with E-state index >= 15 is 0 Å². The molecule has 1 amide bonds. The monoisotopic (exact) mass is 381 g/mol. The number of carbonyl (C=O) groups excluding carboxylic acids is 2. The van der Waals surface area contributed by atoms with Gasteiger partial charge in [-0.3, -0.25) is 4.79 Å². The fraction of sp³-hybridized carbons (Fsp3) is 0.263. The van der Waals surface area contributed by atoms with E-state index in [2.05, 4.69) is 5.32 Å². The Morgan fingerprint density at radius 3 is 2.07 bits per heavy atom. The summed E-state index contributed by atoms with van der Waals surface area (Å²) in [5.41, 5.74) is -0.104. The molecule has 0 aliphatic heterocycles. The number of methoxy groups -OCH3 is 2. The maximum atomic E-state index is 12.6. The number of nitrogens with one attached hydrogen (secondary N) is 1. The molecule has 0 aromatic heterocycles. The molecule has 27 heavy (non-hydrogen) atoms. The van der Waals surface area contributed by atoms with E-state index in [1.54, 1.807) is 24.3 Å². The van der Waals surface area contributed by atoms with Crippen LogP contribution in [0.2, 0.25) is 0 Å². The summed E-state index contributed by atoms with van der Waals surface area (Å²) in [6, 6.07) is 9.63. The van der Waals surface area contributed by atoms with Gasteiger partial charge in [0.25, 0.3) is 5.91 Å². The Hall–Kier alpha value is -3.03. The fourth-order valence-corrected chi connectivity index (χ4v) is 2.39. The molecule has 1 N–H and O–H groups in total. The lowest BCUT2D eigenvalue weighted by Crippen LogP contribution is -2.43. The summed E-state index contributed by atoms with van der Waals surface area (Å²) >= 11 is 0. The second-order valence-corrected chi connectivity index (χ2v) is 5.68. The number of hydrogen-bond acceptors (Lipinski definition) is 4. The van der Waals surface area contributed by atoms with E-state index in [0.717, 1.165) is 29.8 Å². The van der Waals surface area contributed by atoms with E-state index in [-0.39, 0.29) is 12.0 Å². The molecule has 2 aromatic rings. The highest BCUT2D eigenvalue weighted by Crippen LogP contribution is 2.29. The molecule has 0 radical (unpaired) electrons. The van der Waals surface area contributed by atoms with E-state index in [1.807, 2.05) is 0 Å². The molecular weight excluding hydrogens is 363 g/mol. The first-order valence-electron chi connectivity index (χ1n) is 7.93. The molecule has 0 spiro atoms. The molecule has 5 nitrogen and oxygen atoms in total. The van der Waals surface area contributed by atoms with Gasteiger partial charge in [-0.15, -0.1) is 0 Å². The van der Waals surface area contributed by atoms with Gasteiger partial charge in [0.1, 0.15) is 11.8 Å². The fourth-order valence-electron chi connectivity index (χ4n) is 2.39. The molecule has 1 atom stereocenters. The van der Waals surface area contributed by atoms with Crippen LogP contribution in [-0.2, 0) is 22.1 Å². The number of esters is 1. The SMILES string of the molecule is COC(=O)[C@H](Cc1ccc(OC)cc1)NC(=O)c1ccc(C(F)(F)F)cc1. The standard InChI is InChI=1S/C19H18F3NO4/c1-26-15-9-3-12(4-10-15)11-16(18(25)27-2)23-17(24)13-5-7-14(8-6-13)19(20,21)22/h3-10,16H,11H2,1-2H3,(H,23,24)/t16-/m0/s1. The summed E-state index contributed by atoms with van der Waals surface area (Å²) in [5, 5.41) is 2.49. The number of halogens is 3. The van der Waals surface area contributed by atoms with E-state index in [9.17, 15) is 22.8 Å². The Morgan fingerprint density at radius 2 is 1.59 bits per heavy atom. The summed E-state index contributed by atoms with van der Waals surface area (Å²) in [6.07, 6.45) is -4.33. The molecule has 8 heteroatoms. The zero-order chi connectivity index (χ0) is 20.0. The van der Waals surface area contributed by atoms with Gasteiger partial charge in [-0.25, -0.2) is 4.79 Å². The van der Waals surface area contributed by atoms with Crippen LogP contribution in [0.25, 0.3) is 0 Å². The lowest BCUT2D eigenvalue weighted by Gasteiger charge is -2.17. The van der Waals surface area contributed by atoms with Crippen molar-refractivity contribution in [1.82, 2.24) is 5.32 Å². The number of alkyl halides is 3. The molecule has 144 valence electrons. The van der Waals surface area contributed by atoms with Crippen LogP contribution in [0, 0.1) is 0 Å². The van der Waals surface area contributed by atoms with Crippen molar-refractivity contribution in [2.24, 2.45) is 0 Å². The highest BCUT2D eigenvalue weighted by Gasteiger charge is 2.30. The van der Waals surface area contributed by atoms with Gasteiger partial charge < -0.3 is 14.8 Å². The van der Waals surface area contributed by atoms with Gasteiger partial charge in [-0.05, 0) is 42.0 Å². The van der Waals surface area contributed by atoms with Gasteiger partial charge in [0.2, 0.25) is 0 Å². The summed E-state index contributed by atoms with van der Waals surface area (Å²) < 4.78 is 47.6. The highest BCUT2D eigenvalue weighted by atomic mass is 19.4. The Balaban J connectivity index is 2.12. The molecule has 0 fully saturated rings. The maximum absolute atomic E-state index is 12.6. The normalized spacial score (nSPS) is 12.2. The topological polar surface area (TPSA) is 64.6 Å². The van der Waals surface area contributed by atoms with E-state index in [1.165, 1.54) is 14.2 Å². The van der Waals surface area contributed by atoms with Gasteiger partial charge in [-0.2, -0.15) is 13.2 Å². The number of carbonyl (C=O) groups is 2. The molecule has 0 bridgehead atoms. The van der Waals surface area contributed by atoms with E-state index in [0.29, 0.717) is 5.75 Å². The largest absolute Gasteiger partial charge is 0.497 e. The summed E-state index contributed by atoms with van der Waals surface area (Å²) in [5.74, 6) is -0.694. The van der Waals surface area contributed by atoms with Crippen molar-refractivity contribution >= 4 is 11.9 Å². The van der Waals surface area contributed by atoms with Gasteiger partial charge in [0.05, 0.1) is 19.8 Å². The second-order valence-electron chi connectivity index (χ2n) is 5.68. The molecule has 0 heterocycles. The Labute approximate surface area is 154 Å². The molecule has 2 rings (SSSR count). The molecule has 0 aliphatic rings. The summed E-state index contributed by atoms with van der Waals surface area (Å²) in [4.78, 5) is 24.3. The van der Waals surface area contributed by atoms with Crippen LogP contribution in [0.3, 0.4) is 0 Å². The summed E-state index contributed by atoms with van der Waals surface area (Å²) in [7, 11) is 2.71. The minimum Gasteiger partial charge on any atom is -0.497 e. The van der Waals surface area contributed by atoms with Crippen LogP contribution in [0.4, 0.5) is 13.2 Å². The van der Waals surface area contributed by atoms with Crippen molar-refractivity contribution in [2.75, 3.05) is 14.2 Å². The van der Waals surface area contributed by atoms with Gasteiger partial charge in [-0.1, -0.05) is 12.1 Å².